The number of nitrogens with one attached hydrogen (secondary N) is 1. The molecule has 1 aliphatic rings. The van der Waals surface area contributed by atoms with Crippen LogP contribution in [0.3, 0.4) is 0 Å². The van der Waals surface area contributed by atoms with Gasteiger partial charge in [-0.1, -0.05) is 23.2 Å². The van der Waals surface area contributed by atoms with E-state index in [0.717, 1.165) is 18.7 Å². The van der Waals surface area contributed by atoms with Crippen molar-refractivity contribution in [3.05, 3.63) is 81.5 Å². The average Bonchev–Trinajstić information content (AvgIpc) is 3.44. The monoisotopic (exact) mass is 527 g/mol. The van der Waals surface area contributed by atoms with Crippen LogP contribution >= 0.6 is 23.2 Å². The molecule has 36 heavy (non-hydrogen) atoms. The number of β-amino-alcohol motifs (C(OH)–C–C–N with tert-alkyl or cyclic N) is 1. The van der Waals surface area contributed by atoms with Crippen LogP contribution in [0.5, 0.6) is 5.75 Å². The first-order valence-corrected chi connectivity index (χ1v) is 12.3. The first-order chi connectivity index (χ1) is 17.4. The maximum Gasteiger partial charge on any atom is 0.134 e. The van der Waals surface area contributed by atoms with E-state index in [4.69, 9.17) is 27.9 Å². The van der Waals surface area contributed by atoms with Crippen LogP contribution in [0, 0.1) is 0 Å². The summed E-state index contributed by atoms with van der Waals surface area (Å²) in [6.07, 6.45) is 6.01. The molecule has 0 saturated carbocycles. The molecular formula is C26H24Cl2FN5O2. The minimum Gasteiger partial charge on any atom is -0.486 e. The van der Waals surface area contributed by atoms with Crippen molar-refractivity contribution in [3.63, 3.8) is 0 Å². The normalized spacial score (nSPS) is 17.6. The first-order valence-electron chi connectivity index (χ1n) is 11.5. The molecule has 1 saturated heterocycles. The topological polar surface area (TPSA) is 87.2 Å². The molecule has 4 aromatic rings. The fourth-order valence-corrected chi connectivity index (χ4v) is 4.99. The number of hydrogen-bond acceptors (Lipinski definition) is 6. The van der Waals surface area contributed by atoms with Gasteiger partial charge >= 0.3 is 0 Å². The molecule has 0 bridgehead atoms. The quantitative estimate of drug-likeness (QED) is 0.314. The Morgan fingerprint density at radius 1 is 1.25 bits per heavy atom. The molecule has 1 aromatic carbocycles. The average molecular weight is 528 g/mol. The number of pyridine rings is 2. The lowest BCUT2D eigenvalue weighted by atomic mass is 10.1. The second-order valence-corrected chi connectivity index (χ2v) is 9.62. The Morgan fingerprint density at radius 2 is 2.06 bits per heavy atom. The molecule has 1 unspecified atom stereocenters. The zero-order chi connectivity index (χ0) is 25.2. The largest absolute Gasteiger partial charge is 0.486 e. The van der Waals surface area contributed by atoms with Crippen LogP contribution in [-0.2, 0) is 6.54 Å². The standard InChI is InChI=1S/C26H24Cl2FN5O2/c1-15(26-21(27)11-30-12-22(26)28)36-19-4-5-24-20(8-19)25(33-32-24)9-23(29)16-2-3-17(31-10-16)13-34-7-6-18(35)14-34/h2-5,8-12,15,18,35H,6-7,13-14H2,1H3,(H,32,33)/b23-9-/t15-,18?/m0/s1. The van der Waals surface area contributed by atoms with Crippen molar-refractivity contribution in [1.82, 2.24) is 25.1 Å². The summed E-state index contributed by atoms with van der Waals surface area (Å²) in [6.45, 7) is 3.94. The summed E-state index contributed by atoms with van der Waals surface area (Å²) in [7, 11) is 0. The summed E-state index contributed by atoms with van der Waals surface area (Å²) < 4.78 is 21.2. The van der Waals surface area contributed by atoms with Gasteiger partial charge in [-0.15, -0.1) is 0 Å². The zero-order valence-electron chi connectivity index (χ0n) is 19.5. The number of aromatic nitrogens is 4. The van der Waals surface area contributed by atoms with Gasteiger partial charge < -0.3 is 9.84 Å². The number of aliphatic hydroxyl groups excluding tert-OH is 1. The summed E-state index contributed by atoms with van der Waals surface area (Å²) in [5, 5.41) is 18.4. The van der Waals surface area contributed by atoms with Crippen LogP contribution in [0.1, 0.15) is 42.0 Å². The van der Waals surface area contributed by atoms with Crippen LogP contribution in [0.2, 0.25) is 10.0 Å². The predicted molar refractivity (Wildman–Crippen MR) is 139 cm³/mol. The molecule has 2 N–H and O–H groups in total. The summed E-state index contributed by atoms with van der Waals surface area (Å²) in [5.41, 5.74) is 3.03. The van der Waals surface area contributed by atoms with Crippen molar-refractivity contribution in [2.24, 2.45) is 0 Å². The Kier molecular flexibility index (Phi) is 7.20. The number of aromatic amines is 1. The Labute approximate surface area is 217 Å². The van der Waals surface area contributed by atoms with E-state index < -0.39 is 11.9 Å². The Bertz CT molecular complexity index is 1390. The number of benzene rings is 1. The zero-order valence-corrected chi connectivity index (χ0v) is 21.0. The molecule has 3 aromatic heterocycles. The highest BCUT2D eigenvalue weighted by Gasteiger charge is 2.20. The molecule has 5 rings (SSSR count). The van der Waals surface area contributed by atoms with E-state index in [2.05, 4.69) is 25.1 Å². The molecule has 2 atom stereocenters. The van der Waals surface area contributed by atoms with E-state index in [-0.39, 0.29) is 6.10 Å². The summed E-state index contributed by atoms with van der Waals surface area (Å²) in [6, 6.07) is 8.89. The molecule has 0 aliphatic carbocycles. The van der Waals surface area contributed by atoms with Crippen molar-refractivity contribution < 1.29 is 14.2 Å². The maximum absolute atomic E-state index is 15.1. The smallest absolute Gasteiger partial charge is 0.134 e. The second kappa shape index (κ2) is 10.5. The van der Waals surface area contributed by atoms with E-state index in [1.54, 1.807) is 30.3 Å². The number of fused-ring (bicyclic) bond motifs is 1. The molecule has 1 aliphatic heterocycles. The fourth-order valence-electron chi connectivity index (χ4n) is 4.32. The van der Waals surface area contributed by atoms with Crippen LogP contribution in [-0.4, -0.2) is 49.4 Å². The van der Waals surface area contributed by atoms with Gasteiger partial charge in [-0.3, -0.25) is 20.0 Å². The minimum atomic E-state index is -0.439. The van der Waals surface area contributed by atoms with Crippen molar-refractivity contribution >= 4 is 46.0 Å². The van der Waals surface area contributed by atoms with E-state index in [9.17, 15) is 5.11 Å². The van der Waals surface area contributed by atoms with Crippen LogP contribution in [0.4, 0.5) is 4.39 Å². The van der Waals surface area contributed by atoms with E-state index in [1.807, 2.05) is 6.92 Å². The third-order valence-electron chi connectivity index (χ3n) is 6.17. The highest BCUT2D eigenvalue weighted by molar-refractivity contribution is 6.35. The highest BCUT2D eigenvalue weighted by Crippen LogP contribution is 2.34. The number of aliphatic hydroxyl groups is 1. The number of nitrogens with zero attached hydrogens (tertiary/aromatic N) is 4. The molecule has 0 amide bonds. The van der Waals surface area contributed by atoms with E-state index in [1.165, 1.54) is 24.7 Å². The lowest BCUT2D eigenvalue weighted by Crippen LogP contribution is -2.21. The molecule has 0 radical (unpaired) electrons. The van der Waals surface area contributed by atoms with Crippen LogP contribution in [0.25, 0.3) is 22.8 Å². The Morgan fingerprint density at radius 3 is 2.75 bits per heavy atom. The van der Waals surface area contributed by atoms with Crippen LogP contribution in [0.15, 0.2) is 48.9 Å². The number of likely N-dealkylation sites (tertiary alicyclic amines) is 1. The SMILES string of the molecule is C[C@H](Oc1ccc2n[nH]c(/C=C(\F)c3ccc(CN4CCC(O)C4)nc3)c2c1)c1c(Cl)cncc1Cl. The van der Waals surface area contributed by atoms with Gasteiger partial charge in [0, 0.05) is 60.8 Å². The van der Waals surface area contributed by atoms with Gasteiger partial charge in [0.05, 0.1) is 33.1 Å². The molecule has 186 valence electrons. The molecule has 4 heterocycles. The van der Waals surface area contributed by atoms with Gasteiger partial charge in [0.25, 0.3) is 0 Å². The van der Waals surface area contributed by atoms with Gasteiger partial charge in [0.1, 0.15) is 17.7 Å². The first kappa shape index (κ1) is 24.6. The van der Waals surface area contributed by atoms with Crippen LogP contribution < -0.4 is 4.74 Å². The third kappa shape index (κ3) is 5.37. The van der Waals surface area contributed by atoms with Gasteiger partial charge in [-0.25, -0.2) is 4.39 Å². The lowest BCUT2D eigenvalue weighted by Gasteiger charge is -2.17. The van der Waals surface area contributed by atoms with Gasteiger partial charge in [-0.2, -0.15) is 5.10 Å². The minimum absolute atomic E-state index is 0.283. The number of H-pyrrole nitrogens is 1. The number of rotatable bonds is 7. The summed E-state index contributed by atoms with van der Waals surface area (Å²) >= 11 is 12.5. The van der Waals surface area contributed by atoms with E-state index >= 15 is 4.39 Å². The van der Waals surface area contributed by atoms with Gasteiger partial charge in [-0.05, 0) is 43.7 Å². The third-order valence-corrected chi connectivity index (χ3v) is 6.77. The fraction of sp³-hybridized carbons (Fsp3) is 0.269. The molecule has 1 fully saturated rings. The second-order valence-electron chi connectivity index (χ2n) is 8.80. The molecule has 7 nitrogen and oxygen atoms in total. The number of ether oxygens (including phenoxy) is 1. The lowest BCUT2D eigenvalue weighted by molar-refractivity contribution is 0.174. The predicted octanol–water partition coefficient (Wildman–Crippen LogP) is 5.83. The molecule has 10 heteroatoms. The van der Waals surface area contributed by atoms with Crippen molar-refractivity contribution in [2.45, 2.75) is 32.1 Å². The van der Waals surface area contributed by atoms with E-state index in [0.29, 0.717) is 56.6 Å². The summed E-state index contributed by atoms with van der Waals surface area (Å²) in [4.78, 5) is 10.5. The Hall–Kier alpha value is -3.04. The van der Waals surface area contributed by atoms with Gasteiger partial charge in [0.15, 0.2) is 0 Å². The maximum atomic E-state index is 15.1. The highest BCUT2D eigenvalue weighted by atomic mass is 35.5. The molecule has 0 spiro atoms. The molecular weight excluding hydrogens is 504 g/mol. The summed E-state index contributed by atoms with van der Waals surface area (Å²) in [5.74, 6) is 0.125. The number of hydrogen-bond donors (Lipinski definition) is 2. The number of halogens is 3. The Balaban J connectivity index is 1.34. The van der Waals surface area contributed by atoms with Crippen molar-refractivity contribution in [2.75, 3.05) is 13.1 Å². The van der Waals surface area contributed by atoms with Gasteiger partial charge in [0.2, 0.25) is 0 Å². The van der Waals surface area contributed by atoms with Crippen molar-refractivity contribution in [3.8, 4) is 5.75 Å². The van der Waals surface area contributed by atoms with Crippen molar-refractivity contribution in [1.29, 1.82) is 0 Å².